The summed E-state index contributed by atoms with van der Waals surface area (Å²) >= 11 is 0. The van der Waals surface area contributed by atoms with Crippen LogP contribution in [0.4, 0.5) is 11.4 Å². The van der Waals surface area contributed by atoms with Gasteiger partial charge in [0.25, 0.3) is 0 Å². The maximum atomic E-state index is 5.91. The molecule has 0 spiro atoms. The lowest BCUT2D eigenvalue weighted by Gasteiger charge is -2.31. The van der Waals surface area contributed by atoms with Crippen molar-refractivity contribution in [2.24, 2.45) is 0 Å². The second-order valence-electron chi connectivity index (χ2n) is 5.13. The van der Waals surface area contributed by atoms with E-state index in [1.54, 1.807) is 0 Å². The molecule has 0 aliphatic carbocycles. The predicted octanol–water partition coefficient (Wildman–Crippen LogP) is 2.31. The first-order valence-corrected chi connectivity index (χ1v) is 6.92. The minimum absolute atomic E-state index is 0.861. The Morgan fingerprint density at radius 1 is 1.26 bits per heavy atom. The Morgan fingerprint density at radius 2 is 2.21 bits per heavy atom. The molecule has 2 aromatic rings. The average molecular weight is 256 g/mol. The number of rotatable bonds is 4. The van der Waals surface area contributed by atoms with Crippen molar-refractivity contribution in [1.29, 1.82) is 0 Å². The molecule has 0 saturated carbocycles. The largest absolute Gasteiger partial charge is 0.399 e. The van der Waals surface area contributed by atoms with Crippen molar-refractivity contribution in [2.45, 2.75) is 25.8 Å². The van der Waals surface area contributed by atoms with E-state index in [9.17, 15) is 0 Å². The van der Waals surface area contributed by atoms with Gasteiger partial charge in [0.15, 0.2) is 0 Å². The minimum Gasteiger partial charge on any atom is -0.399 e. The minimum atomic E-state index is 0.861. The van der Waals surface area contributed by atoms with Gasteiger partial charge in [-0.2, -0.15) is 0 Å². The molecule has 0 bridgehead atoms. The van der Waals surface area contributed by atoms with Crippen LogP contribution in [0.2, 0.25) is 0 Å². The summed E-state index contributed by atoms with van der Waals surface area (Å²) in [5.74, 6) is 0. The third-order valence-electron chi connectivity index (χ3n) is 3.73. The van der Waals surface area contributed by atoms with Crippen LogP contribution in [-0.4, -0.2) is 22.6 Å². The van der Waals surface area contributed by atoms with E-state index in [2.05, 4.69) is 26.6 Å². The molecule has 1 aliphatic heterocycles. The van der Waals surface area contributed by atoms with Gasteiger partial charge in [-0.1, -0.05) is 6.07 Å². The fourth-order valence-corrected chi connectivity index (χ4v) is 2.76. The van der Waals surface area contributed by atoms with Crippen molar-refractivity contribution in [3.8, 4) is 0 Å². The Morgan fingerprint density at radius 3 is 3.05 bits per heavy atom. The van der Waals surface area contributed by atoms with Gasteiger partial charge in [-0.05, 0) is 37.0 Å². The molecule has 0 radical (unpaired) electrons. The van der Waals surface area contributed by atoms with Gasteiger partial charge in [0.05, 0.1) is 6.33 Å². The van der Waals surface area contributed by atoms with E-state index < -0.39 is 0 Å². The number of aryl methyl sites for hydroxylation is 2. The third-order valence-corrected chi connectivity index (χ3v) is 3.73. The summed E-state index contributed by atoms with van der Waals surface area (Å²) in [6.07, 6.45) is 9.27. The lowest BCUT2D eigenvalue weighted by Crippen LogP contribution is -2.30. The first-order chi connectivity index (χ1) is 9.33. The highest BCUT2D eigenvalue weighted by molar-refractivity contribution is 5.62. The zero-order chi connectivity index (χ0) is 13.1. The molecule has 1 aromatic heterocycles. The van der Waals surface area contributed by atoms with E-state index in [-0.39, 0.29) is 0 Å². The molecule has 1 aliphatic rings. The number of fused-ring (bicyclic) bond motifs is 1. The highest BCUT2D eigenvalue weighted by Gasteiger charge is 2.16. The van der Waals surface area contributed by atoms with Gasteiger partial charge in [-0.3, -0.25) is 0 Å². The first kappa shape index (κ1) is 12.1. The number of nitrogen functional groups attached to an aromatic ring is 1. The quantitative estimate of drug-likeness (QED) is 0.854. The summed E-state index contributed by atoms with van der Waals surface area (Å²) in [6.45, 7) is 3.24. The molecule has 0 fully saturated rings. The Kier molecular flexibility index (Phi) is 3.40. The van der Waals surface area contributed by atoms with Crippen LogP contribution in [0.1, 0.15) is 18.4 Å². The molecule has 2 heterocycles. The van der Waals surface area contributed by atoms with Crippen LogP contribution < -0.4 is 10.6 Å². The van der Waals surface area contributed by atoms with Crippen molar-refractivity contribution in [3.05, 3.63) is 42.5 Å². The molecule has 4 heteroatoms. The second-order valence-corrected chi connectivity index (χ2v) is 5.13. The van der Waals surface area contributed by atoms with E-state index in [1.807, 2.05) is 24.8 Å². The third kappa shape index (κ3) is 2.72. The highest BCUT2D eigenvalue weighted by atomic mass is 15.1. The van der Waals surface area contributed by atoms with E-state index in [1.165, 1.54) is 24.1 Å². The van der Waals surface area contributed by atoms with Crippen LogP contribution in [0.15, 0.2) is 36.9 Å². The fraction of sp³-hybridized carbons (Fsp3) is 0.400. The Hall–Kier alpha value is -1.97. The van der Waals surface area contributed by atoms with E-state index >= 15 is 0 Å². The molecule has 2 N–H and O–H groups in total. The molecule has 0 unspecified atom stereocenters. The van der Waals surface area contributed by atoms with Crippen molar-refractivity contribution < 1.29 is 0 Å². The summed E-state index contributed by atoms with van der Waals surface area (Å²) in [5, 5.41) is 0. The molecule has 4 nitrogen and oxygen atoms in total. The van der Waals surface area contributed by atoms with E-state index in [4.69, 9.17) is 5.73 Å². The van der Waals surface area contributed by atoms with Gasteiger partial charge >= 0.3 is 0 Å². The summed E-state index contributed by atoms with van der Waals surface area (Å²) in [4.78, 5) is 6.53. The van der Waals surface area contributed by atoms with Crippen LogP contribution in [-0.2, 0) is 13.0 Å². The van der Waals surface area contributed by atoms with Crippen LogP contribution >= 0.6 is 0 Å². The average Bonchev–Trinajstić information content (AvgIpc) is 2.92. The second kappa shape index (κ2) is 5.34. The molecule has 0 saturated heterocycles. The number of nitrogens with zero attached hydrogens (tertiary/aromatic N) is 3. The van der Waals surface area contributed by atoms with Crippen molar-refractivity contribution in [1.82, 2.24) is 9.55 Å². The summed E-state index contributed by atoms with van der Waals surface area (Å²) in [5.41, 5.74) is 9.54. The molecule has 1 aromatic carbocycles. The highest BCUT2D eigenvalue weighted by Crippen LogP contribution is 2.29. The maximum absolute atomic E-state index is 5.91. The van der Waals surface area contributed by atoms with Gasteiger partial charge in [-0.15, -0.1) is 0 Å². The molecule has 100 valence electrons. The number of anilines is 2. The molecular weight excluding hydrogens is 236 g/mol. The standard InChI is InChI=1S/C15H20N4/c16-14-5-4-13-3-1-8-19(15(13)11-14)9-2-7-18-10-6-17-12-18/h4-6,10-12H,1-3,7-9,16H2. The van der Waals surface area contributed by atoms with Crippen LogP contribution in [0.25, 0.3) is 0 Å². The van der Waals surface area contributed by atoms with Gasteiger partial charge in [0.1, 0.15) is 0 Å². The first-order valence-electron chi connectivity index (χ1n) is 6.92. The maximum Gasteiger partial charge on any atom is 0.0945 e. The molecule has 19 heavy (non-hydrogen) atoms. The van der Waals surface area contributed by atoms with E-state index in [0.29, 0.717) is 0 Å². The smallest absolute Gasteiger partial charge is 0.0945 e. The Bertz CT molecular complexity index is 533. The van der Waals surface area contributed by atoms with Crippen molar-refractivity contribution >= 4 is 11.4 Å². The normalized spacial score (nSPS) is 14.4. The topological polar surface area (TPSA) is 47.1 Å². The molecule has 0 amide bonds. The summed E-state index contributed by atoms with van der Waals surface area (Å²) in [6, 6.07) is 6.30. The zero-order valence-corrected chi connectivity index (χ0v) is 11.1. The number of imidazole rings is 1. The number of nitrogens with two attached hydrogens (primary N) is 1. The molecular formula is C15H20N4. The number of hydrogen-bond donors (Lipinski definition) is 1. The SMILES string of the molecule is Nc1ccc2c(c1)N(CCCn1ccnc1)CCC2. The molecule has 3 rings (SSSR count). The predicted molar refractivity (Wildman–Crippen MR) is 78.2 cm³/mol. The Balaban J connectivity index is 1.64. The van der Waals surface area contributed by atoms with Gasteiger partial charge < -0.3 is 15.2 Å². The van der Waals surface area contributed by atoms with E-state index in [0.717, 1.165) is 31.7 Å². The van der Waals surface area contributed by atoms with Crippen molar-refractivity contribution in [2.75, 3.05) is 23.7 Å². The molecule has 0 atom stereocenters. The van der Waals surface area contributed by atoms with Gasteiger partial charge in [-0.25, -0.2) is 4.98 Å². The fourth-order valence-electron chi connectivity index (χ4n) is 2.76. The Labute approximate surface area is 113 Å². The van der Waals surface area contributed by atoms with Crippen LogP contribution in [0.5, 0.6) is 0 Å². The zero-order valence-electron chi connectivity index (χ0n) is 11.1. The van der Waals surface area contributed by atoms with Gasteiger partial charge in [0.2, 0.25) is 0 Å². The number of aromatic nitrogens is 2. The summed E-state index contributed by atoms with van der Waals surface area (Å²) in [7, 11) is 0. The van der Waals surface area contributed by atoms with Crippen LogP contribution in [0, 0.1) is 0 Å². The monoisotopic (exact) mass is 256 g/mol. The van der Waals surface area contributed by atoms with Crippen LogP contribution in [0.3, 0.4) is 0 Å². The summed E-state index contributed by atoms with van der Waals surface area (Å²) < 4.78 is 2.13. The van der Waals surface area contributed by atoms with Gasteiger partial charge in [0, 0.05) is 43.4 Å². The lowest BCUT2D eigenvalue weighted by atomic mass is 10.0. The number of benzene rings is 1. The van der Waals surface area contributed by atoms with Crippen molar-refractivity contribution in [3.63, 3.8) is 0 Å². The number of hydrogen-bond acceptors (Lipinski definition) is 3. The lowest BCUT2D eigenvalue weighted by molar-refractivity contribution is 0.602.